The van der Waals surface area contributed by atoms with Crippen LogP contribution in [0.5, 0.6) is 0 Å². The van der Waals surface area contributed by atoms with Gasteiger partial charge in [-0.2, -0.15) is 0 Å². The van der Waals surface area contributed by atoms with Gasteiger partial charge in [-0.1, -0.05) is 49.2 Å². The van der Waals surface area contributed by atoms with Gasteiger partial charge in [-0.05, 0) is 49.2 Å². The number of likely N-dealkylation sites (tertiary alicyclic amines) is 1. The van der Waals surface area contributed by atoms with Gasteiger partial charge >= 0.3 is 0 Å². The van der Waals surface area contributed by atoms with Crippen LogP contribution in [-0.2, 0) is 9.59 Å². The number of allylic oxidation sites excluding steroid dienone is 1. The summed E-state index contributed by atoms with van der Waals surface area (Å²) in [7, 11) is 0. The van der Waals surface area contributed by atoms with Crippen molar-refractivity contribution in [3.8, 4) is 0 Å². The van der Waals surface area contributed by atoms with E-state index >= 15 is 0 Å². The molecule has 0 aromatic heterocycles. The molecule has 0 N–H and O–H groups in total. The molecule has 4 unspecified atom stereocenters. The van der Waals surface area contributed by atoms with Crippen molar-refractivity contribution in [1.82, 2.24) is 4.90 Å². The molecule has 2 aromatic rings. The van der Waals surface area contributed by atoms with Gasteiger partial charge in [0.05, 0.1) is 17.9 Å². The number of carbonyl (C=O) groups is 3. The van der Waals surface area contributed by atoms with Crippen LogP contribution in [0.2, 0.25) is 5.02 Å². The van der Waals surface area contributed by atoms with E-state index in [9.17, 15) is 14.4 Å². The number of unbranched alkanes of at least 4 members (excludes halogenated alkanes) is 1. The lowest BCUT2D eigenvalue weighted by Gasteiger charge is -2.38. The van der Waals surface area contributed by atoms with Crippen LogP contribution in [0.15, 0.2) is 54.6 Å². The Morgan fingerprint density at radius 3 is 2.41 bits per heavy atom. The lowest BCUT2D eigenvalue weighted by atomic mass is 9.85. The van der Waals surface area contributed by atoms with E-state index in [1.165, 1.54) is 4.90 Å². The lowest BCUT2D eigenvalue weighted by molar-refractivity contribution is -0.140. The largest absolute Gasteiger partial charge is 0.352 e. The average molecular weight is 449 g/mol. The monoisotopic (exact) mass is 448 g/mol. The summed E-state index contributed by atoms with van der Waals surface area (Å²) in [6, 6.07) is 13.6. The molecule has 3 aliphatic rings. The Balaban J connectivity index is 1.64. The van der Waals surface area contributed by atoms with Gasteiger partial charge in [0.25, 0.3) is 0 Å². The SMILES string of the molecule is CCCCN1C(=O)C2C(C1=O)C(C(=O)c1ccc(Cl)cc1)N1c3ccccc3C(C)=CC21. The van der Waals surface area contributed by atoms with Crippen molar-refractivity contribution in [3.63, 3.8) is 0 Å². The van der Waals surface area contributed by atoms with Crippen molar-refractivity contribution in [2.45, 2.75) is 38.8 Å². The van der Waals surface area contributed by atoms with Crippen molar-refractivity contribution in [1.29, 1.82) is 0 Å². The van der Waals surface area contributed by atoms with Gasteiger partial charge in [0.2, 0.25) is 11.8 Å². The number of Topliss-reactive ketones (excluding diaryl/α,β-unsaturated/α-hetero) is 1. The molecule has 6 heteroatoms. The zero-order valence-electron chi connectivity index (χ0n) is 18.1. The van der Waals surface area contributed by atoms with Crippen molar-refractivity contribution in [3.05, 3.63) is 70.8 Å². The molecule has 0 bridgehead atoms. The molecule has 2 saturated heterocycles. The molecule has 2 fully saturated rings. The number of imide groups is 1. The van der Waals surface area contributed by atoms with E-state index < -0.39 is 17.9 Å². The number of fused-ring (bicyclic) bond motifs is 5. The molecule has 4 atom stereocenters. The number of rotatable bonds is 5. The van der Waals surface area contributed by atoms with Crippen LogP contribution >= 0.6 is 11.6 Å². The topological polar surface area (TPSA) is 57.7 Å². The lowest BCUT2D eigenvalue weighted by Crippen LogP contribution is -2.49. The first-order valence-corrected chi connectivity index (χ1v) is 11.5. The molecule has 3 heterocycles. The number of para-hydroxylation sites is 1. The first kappa shape index (κ1) is 21.0. The summed E-state index contributed by atoms with van der Waals surface area (Å²) in [6.45, 7) is 4.47. The number of hydrogen-bond donors (Lipinski definition) is 0. The maximum Gasteiger partial charge on any atom is 0.235 e. The summed E-state index contributed by atoms with van der Waals surface area (Å²) in [4.78, 5) is 44.2. The number of ketones is 1. The highest BCUT2D eigenvalue weighted by atomic mass is 35.5. The van der Waals surface area contributed by atoms with Crippen LogP contribution in [0.1, 0.15) is 42.6 Å². The first-order valence-electron chi connectivity index (χ1n) is 11.1. The van der Waals surface area contributed by atoms with Crippen molar-refractivity contribution in [2.75, 3.05) is 11.4 Å². The van der Waals surface area contributed by atoms with Crippen LogP contribution in [-0.4, -0.2) is 41.1 Å². The molecule has 0 saturated carbocycles. The Kier molecular flexibility index (Phi) is 5.17. The molecule has 0 spiro atoms. The van der Waals surface area contributed by atoms with E-state index in [4.69, 9.17) is 11.6 Å². The minimum absolute atomic E-state index is 0.152. The van der Waals surface area contributed by atoms with Crippen LogP contribution in [0, 0.1) is 11.8 Å². The fourth-order valence-corrected chi connectivity index (χ4v) is 5.61. The second-order valence-electron chi connectivity index (χ2n) is 8.81. The Bertz CT molecular complexity index is 1140. The number of amides is 2. The molecule has 2 amide bonds. The Labute approximate surface area is 192 Å². The second kappa shape index (κ2) is 7.89. The van der Waals surface area contributed by atoms with E-state index in [-0.39, 0.29) is 23.6 Å². The average Bonchev–Trinajstić information content (AvgIpc) is 3.25. The van der Waals surface area contributed by atoms with E-state index in [1.807, 2.05) is 43.0 Å². The molecule has 164 valence electrons. The minimum atomic E-state index is -0.736. The summed E-state index contributed by atoms with van der Waals surface area (Å²) in [5, 5.41) is 0.545. The second-order valence-corrected chi connectivity index (χ2v) is 9.25. The Morgan fingerprint density at radius 2 is 1.69 bits per heavy atom. The molecule has 0 radical (unpaired) electrons. The van der Waals surface area contributed by atoms with E-state index in [1.54, 1.807) is 24.3 Å². The van der Waals surface area contributed by atoms with Gasteiger partial charge in [0.15, 0.2) is 5.78 Å². The number of anilines is 1. The van der Waals surface area contributed by atoms with Gasteiger partial charge in [-0.15, -0.1) is 0 Å². The third-order valence-corrected chi connectivity index (χ3v) is 7.23. The molecular formula is C26H25ClN2O3. The predicted molar refractivity (Wildman–Crippen MR) is 125 cm³/mol. The van der Waals surface area contributed by atoms with Crippen LogP contribution in [0.3, 0.4) is 0 Å². The van der Waals surface area contributed by atoms with Crippen LogP contribution in [0.25, 0.3) is 5.57 Å². The normalized spacial score (nSPS) is 26.0. The summed E-state index contributed by atoms with van der Waals surface area (Å²) < 4.78 is 0. The van der Waals surface area contributed by atoms with E-state index in [2.05, 4.69) is 6.08 Å². The zero-order valence-corrected chi connectivity index (χ0v) is 18.9. The van der Waals surface area contributed by atoms with Gasteiger partial charge in [-0.25, -0.2) is 0 Å². The van der Waals surface area contributed by atoms with Gasteiger partial charge in [0, 0.05) is 28.4 Å². The fraction of sp³-hybridized carbons (Fsp3) is 0.346. The van der Waals surface area contributed by atoms with Crippen molar-refractivity contribution >= 4 is 40.5 Å². The van der Waals surface area contributed by atoms with Crippen molar-refractivity contribution < 1.29 is 14.4 Å². The van der Waals surface area contributed by atoms with Crippen LogP contribution in [0.4, 0.5) is 5.69 Å². The Hall–Kier alpha value is -2.92. The predicted octanol–water partition coefficient (Wildman–Crippen LogP) is 4.60. The van der Waals surface area contributed by atoms with Gasteiger partial charge in [-0.3, -0.25) is 19.3 Å². The standard InChI is InChI=1S/C26H25ClN2O3/c1-3-4-13-28-25(31)21-20-14-15(2)18-7-5-6-8-19(18)29(20)23(22(21)26(28)32)24(30)16-9-11-17(27)12-10-16/h5-12,14,20-23H,3-4,13H2,1-2H3. The maximum atomic E-state index is 13.8. The number of benzene rings is 2. The number of hydrogen-bond acceptors (Lipinski definition) is 4. The fourth-order valence-electron chi connectivity index (χ4n) is 5.48. The quantitative estimate of drug-likeness (QED) is 0.495. The molecule has 32 heavy (non-hydrogen) atoms. The summed E-state index contributed by atoms with van der Waals surface area (Å²) in [5.41, 5.74) is 3.49. The Morgan fingerprint density at radius 1 is 1.00 bits per heavy atom. The van der Waals surface area contributed by atoms with E-state index in [0.717, 1.165) is 29.7 Å². The summed E-state index contributed by atoms with van der Waals surface area (Å²) >= 11 is 6.03. The molecule has 2 aromatic carbocycles. The third kappa shape index (κ3) is 3.02. The molecule has 3 aliphatic heterocycles. The minimum Gasteiger partial charge on any atom is -0.352 e. The van der Waals surface area contributed by atoms with Gasteiger partial charge in [0.1, 0.15) is 6.04 Å². The number of carbonyl (C=O) groups excluding carboxylic acids is 3. The highest BCUT2D eigenvalue weighted by Gasteiger charge is 2.64. The smallest absolute Gasteiger partial charge is 0.235 e. The maximum absolute atomic E-state index is 13.8. The number of halogens is 1. The molecular weight excluding hydrogens is 424 g/mol. The molecule has 5 nitrogen and oxygen atoms in total. The molecule has 0 aliphatic carbocycles. The highest BCUT2D eigenvalue weighted by molar-refractivity contribution is 6.30. The molecule has 5 rings (SSSR count). The highest BCUT2D eigenvalue weighted by Crippen LogP contribution is 2.50. The number of nitrogens with zero attached hydrogens (tertiary/aromatic N) is 2. The summed E-state index contributed by atoms with van der Waals surface area (Å²) in [6.07, 6.45) is 3.71. The summed E-state index contributed by atoms with van der Waals surface area (Å²) in [5.74, 6) is -1.77. The third-order valence-electron chi connectivity index (χ3n) is 6.98. The van der Waals surface area contributed by atoms with E-state index in [0.29, 0.717) is 17.1 Å². The van der Waals surface area contributed by atoms with Crippen LogP contribution < -0.4 is 4.90 Å². The zero-order chi connectivity index (χ0) is 22.6. The van der Waals surface area contributed by atoms with Gasteiger partial charge < -0.3 is 4.90 Å². The van der Waals surface area contributed by atoms with Crippen molar-refractivity contribution in [2.24, 2.45) is 11.8 Å². The first-order chi connectivity index (χ1) is 15.4.